The lowest BCUT2D eigenvalue weighted by atomic mass is 10.2. The van der Waals surface area contributed by atoms with Crippen LogP contribution in [0, 0.1) is 3.70 Å². The normalized spacial score (nSPS) is 20.0. The zero-order valence-corrected chi connectivity index (χ0v) is 12.2. The fourth-order valence-electron chi connectivity index (χ4n) is 2.03. The average Bonchev–Trinajstić information content (AvgIpc) is 2.78. The summed E-state index contributed by atoms with van der Waals surface area (Å²) >= 11 is 2.14. The summed E-state index contributed by atoms with van der Waals surface area (Å²) in [6.07, 6.45) is 2.71. The Morgan fingerprint density at radius 2 is 2.29 bits per heavy atom. The first-order chi connectivity index (χ1) is 8.08. The molecule has 0 saturated carbocycles. The van der Waals surface area contributed by atoms with Gasteiger partial charge in [-0.1, -0.05) is 0 Å². The highest BCUT2D eigenvalue weighted by Gasteiger charge is 2.27. The topological polar surface area (TPSA) is 36.4 Å². The van der Waals surface area contributed by atoms with Gasteiger partial charge in [-0.2, -0.15) is 0 Å². The minimum absolute atomic E-state index is 0.0956. The van der Waals surface area contributed by atoms with Crippen LogP contribution in [0.4, 0.5) is 0 Å². The second kappa shape index (κ2) is 5.30. The number of pyridine rings is 1. The molecule has 0 N–H and O–H groups in total. The van der Waals surface area contributed by atoms with Gasteiger partial charge < -0.3 is 9.80 Å². The highest BCUT2D eigenvalue weighted by atomic mass is 127. The number of likely N-dealkylation sites (tertiary alicyclic amines) is 1. The van der Waals surface area contributed by atoms with Crippen molar-refractivity contribution in [3.63, 3.8) is 0 Å². The van der Waals surface area contributed by atoms with Gasteiger partial charge in [0.2, 0.25) is 0 Å². The average molecular weight is 345 g/mol. The van der Waals surface area contributed by atoms with Crippen LogP contribution in [0.3, 0.4) is 0 Å². The van der Waals surface area contributed by atoms with Crippen molar-refractivity contribution in [3.05, 3.63) is 27.6 Å². The van der Waals surface area contributed by atoms with Crippen molar-refractivity contribution < 1.29 is 4.79 Å². The molecule has 0 spiro atoms. The minimum Gasteiger partial charge on any atom is -0.337 e. The van der Waals surface area contributed by atoms with E-state index in [0.29, 0.717) is 11.6 Å². The molecule has 1 atom stereocenters. The first kappa shape index (κ1) is 12.8. The van der Waals surface area contributed by atoms with E-state index < -0.39 is 0 Å². The van der Waals surface area contributed by atoms with Crippen molar-refractivity contribution in [1.82, 2.24) is 14.8 Å². The highest BCUT2D eigenvalue weighted by Crippen LogP contribution is 2.16. The SMILES string of the molecule is CN(C)[C@H]1CCN(C(=O)c2ccc(I)nc2)C1. The van der Waals surface area contributed by atoms with Gasteiger partial charge in [-0.05, 0) is 55.2 Å². The Morgan fingerprint density at radius 3 is 2.82 bits per heavy atom. The molecule has 0 radical (unpaired) electrons. The van der Waals surface area contributed by atoms with E-state index in [1.165, 1.54) is 0 Å². The second-order valence-corrected chi connectivity index (χ2v) is 5.63. The van der Waals surface area contributed by atoms with Gasteiger partial charge in [0.05, 0.1) is 5.56 Å². The molecule has 1 aliphatic heterocycles. The second-order valence-electron chi connectivity index (χ2n) is 4.53. The van der Waals surface area contributed by atoms with E-state index in [9.17, 15) is 4.79 Å². The molecular weight excluding hydrogens is 329 g/mol. The molecule has 1 aliphatic rings. The van der Waals surface area contributed by atoms with Crippen molar-refractivity contribution in [2.24, 2.45) is 0 Å². The number of carbonyl (C=O) groups excluding carboxylic acids is 1. The largest absolute Gasteiger partial charge is 0.337 e. The Kier molecular flexibility index (Phi) is 3.98. The van der Waals surface area contributed by atoms with Gasteiger partial charge in [-0.25, -0.2) is 4.98 Å². The van der Waals surface area contributed by atoms with Crippen molar-refractivity contribution in [3.8, 4) is 0 Å². The predicted octanol–water partition coefficient (Wildman–Crippen LogP) is 1.46. The maximum atomic E-state index is 12.2. The van der Waals surface area contributed by atoms with Crippen molar-refractivity contribution in [2.75, 3.05) is 27.2 Å². The van der Waals surface area contributed by atoms with E-state index in [-0.39, 0.29) is 5.91 Å². The van der Waals surface area contributed by atoms with E-state index in [0.717, 1.165) is 23.2 Å². The van der Waals surface area contributed by atoms with E-state index in [4.69, 9.17) is 0 Å². The first-order valence-electron chi connectivity index (χ1n) is 5.65. The van der Waals surface area contributed by atoms with Gasteiger partial charge in [0.1, 0.15) is 3.70 Å². The quantitative estimate of drug-likeness (QED) is 0.602. The van der Waals surface area contributed by atoms with Gasteiger partial charge in [-0.3, -0.25) is 4.79 Å². The number of halogens is 1. The number of likely N-dealkylation sites (N-methyl/N-ethyl adjacent to an activating group) is 1. The Labute approximate surface area is 115 Å². The lowest BCUT2D eigenvalue weighted by Gasteiger charge is -2.20. The van der Waals surface area contributed by atoms with Crippen LogP contribution in [0.25, 0.3) is 0 Å². The van der Waals surface area contributed by atoms with Crippen LogP contribution >= 0.6 is 22.6 Å². The summed E-state index contributed by atoms with van der Waals surface area (Å²) in [6, 6.07) is 4.20. The number of rotatable bonds is 2. The molecule has 1 aromatic heterocycles. The number of aromatic nitrogens is 1. The third-order valence-corrected chi connectivity index (χ3v) is 3.79. The maximum Gasteiger partial charge on any atom is 0.255 e. The van der Waals surface area contributed by atoms with Crippen LogP contribution in [-0.2, 0) is 0 Å². The Morgan fingerprint density at radius 1 is 1.53 bits per heavy atom. The molecule has 0 aliphatic carbocycles. The van der Waals surface area contributed by atoms with Gasteiger partial charge in [0, 0.05) is 25.3 Å². The molecule has 5 heteroatoms. The number of amides is 1. The number of hydrogen-bond acceptors (Lipinski definition) is 3. The molecule has 1 saturated heterocycles. The Balaban J connectivity index is 2.04. The third-order valence-electron chi connectivity index (χ3n) is 3.16. The minimum atomic E-state index is 0.0956. The zero-order chi connectivity index (χ0) is 12.4. The van der Waals surface area contributed by atoms with Crippen molar-refractivity contribution in [2.45, 2.75) is 12.5 Å². The lowest BCUT2D eigenvalue weighted by Crippen LogP contribution is -2.34. The Hall–Kier alpha value is -0.690. The molecule has 0 aromatic carbocycles. The fourth-order valence-corrected chi connectivity index (χ4v) is 2.35. The van der Waals surface area contributed by atoms with Crippen LogP contribution in [0.2, 0.25) is 0 Å². The van der Waals surface area contributed by atoms with Gasteiger partial charge in [-0.15, -0.1) is 0 Å². The standard InChI is InChI=1S/C12H16IN3O/c1-15(2)10-5-6-16(8-10)12(17)9-3-4-11(13)14-7-9/h3-4,7,10H,5-6,8H2,1-2H3/t10-/m0/s1. The van der Waals surface area contributed by atoms with Crippen LogP contribution in [0.1, 0.15) is 16.8 Å². The predicted molar refractivity (Wildman–Crippen MR) is 74.9 cm³/mol. The van der Waals surface area contributed by atoms with Crippen LogP contribution in [0.15, 0.2) is 18.3 Å². The first-order valence-corrected chi connectivity index (χ1v) is 6.73. The van der Waals surface area contributed by atoms with Gasteiger partial charge >= 0.3 is 0 Å². The van der Waals surface area contributed by atoms with E-state index in [2.05, 4.69) is 46.6 Å². The number of carbonyl (C=O) groups is 1. The summed E-state index contributed by atoms with van der Waals surface area (Å²) in [7, 11) is 4.12. The highest BCUT2D eigenvalue weighted by molar-refractivity contribution is 14.1. The van der Waals surface area contributed by atoms with Gasteiger partial charge in [0.15, 0.2) is 0 Å². The molecule has 4 nitrogen and oxygen atoms in total. The zero-order valence-electron chi connectivity index (χ0n) is 10.1. The monoisotopic (exact) mass is 345 g/mol. The molecule has 0 bridgehead atoms. The molecule has 2 rings (SSSR count). The van der Waals surface area contributed by atoms with E-state index >= 15 is 0 Å². The smallest absolute Gasteiger partial charge is 0.255 e. The van der Waals surface area contributed by atoms with Crippen molar-refractivity contribution in [1.29, 1.82) is 0 Å². The van der Waals surface area contributed by atoms with Crippen molar-refractivity contribution >= 4 is 28.5 Å². The van der Waals surface area contributed by atoms with Crippen LogP contribution < -0.4 is 0 Å². The fraction of sp³-hybridized carbons (Fsp3) is 0.500. The van der Waals surface area contributed by atoms with Crippen LogP contribution in [-0.4, -0.2) is 53.9 Å². The maximum absolute atomic E-state index is 12.2. The van der Waals surface area contributed by atoms with Gasteiger partial charge in [0.25, 0.3) is 5.91 Å². The molecular formula is C12H16IN3O. The molecule has 0 unspecified atom stereocenters. The lowest BCUT2D eigenvalue weighted by molar-refractivity contribution is 0.0782. The summed E-state index contributed by atoms with van der Waals surface area (Å²) in [5.41, 5.74) is 0.685. The summed E-state index contributed by atoms with van der Waals surface area (Å²) in [6.45, 7) is 1.66. The molecule has 1 fully saturated rings. The van der Waals surface area contributed by atoms with E-state index in [1.54, 1.807) is 6.20 Å². The molecule has 17 heavy (non-hydrogen) atoms. The third kappa shape index (κ3) is 2.95. The molecule has 92 valence electrons. The summed E-state index contributed by atoms with van der Waals surface area (Å²) in [4.78, 5) is 20.4. The summed E-state index contributed by atoms with van der Waals surface area (Å²) in [5, 5.41) is 0. The number of nitrogens with zero attached hydrogens (tertiary/aromatic N) is 3. The summed E-state index contributed by atoms with van der Waals surface area (Å²) in [5.74, 6) is 0.0956. The molecule has 1 amide bonds. The summed E-state index contributed by atoms with van der Waals surface area (Å²) < 4.78 is 0.909. The molecule has 2 heterocycles. The number of hydrogen-bond donors (Lipinski definition) is 0. The van der Waals surface area contributed by atoms with Crippen LogP contribution in [0.5, 0.6) is 0 Å². The molecule has 1 aromatic rings. The Bertz CT molecular complexity index is 405. The van der Waals surface area contributed by atoms with E-state index in [1.807, 2.05) is 17.0 Å².